The second kappa shape index (κ2) is 3.92. The summed E-state index contributed by atoms with van der Waals surface area (Å²) >= 11 is 0. The standard InChI is InChI=1S/C12H14N2O/c1-15-12-6-10-8(5-9(12)7-13)3-2-4-11(10)14/h5-6,11H,2-4,14H2,1H3/t11-/m0/s1. The van der Waals surface area contributed by atoms with E-state index in [1.165, 1.54) is 5.56 Å². The first-order valence-electron chi connectivity index (χ1n) is 5.12. The van der Waals surface area contributed by atoms with Crippen LogP contribution in [0.2, 0.25) is 0 Å². The van der Waals surface area contributed by atoms with E-state index in [1.807, 2.05) is 12.1 Å². The molecule has 0 saturated heterocycles. The Morgan fingerprint density at radius 2 is 2.33 bits per heavy atom. The fraction of sp³-hybridized carbons (Fsp3) is 0.417. The van der Waals surface area contributed by atoms with Gasteiger partial charge in [-0.1, -0.05) is 0 Å². The maximum Gasteiger partial charge on any atom is 0.136 e. The first-order chi connectivity index (χ1) is 7.26. The van der Waals surface area contributed by atoms with Crippen LogP contribution in [0.4, 0.5) is 0 Å². The second-order valence-electron chi connectivity index (χ2n) is 3.86. The lowest BCUT2D eigenvalue weighted by Crippen LogP contribution is -2.17. The third-order valence-electron chi connectivity index (χ3n) is 2.94. The number of aryl methyl sites for hydroxylation is 1. The molecule has 2 N–H and O–H groups in total. The fourth-order valence-electron chi connectivity index (χ4n) is 2.13. The zero-order valence-corrected chi connectivity index (χ0v) is 8.79. The van der Waals surface area contributed by atoms with Crippen molar-refractivity contribution in [2.45, 2.75) is 25.3 Å². The minimum atomic E-state index is 0.0930. The number of rotatable bonds is 1. The lowest BCUT2D eigenvalue weighted by molar-refractivity contribution is 0.411. The Morgan fingerprint density at radius 3 is 3.00 bits per heavy atom. The van der Waals surface area contributed by atoms with E-state index in [2.05, 4.69) is 6.07 Å². The number of nitrogens with two attached hydrogens (primary N) is 1. The Kier molecular flexibility index (Phi) is 2.61. The van der Waals surface area contributed by atoms with Crippen LogP contribution in [-0.2, 0) is 6.42 Å². The summed E-state index contributed by atoms with van der Waals surface area (Å²) in [5.74, 6) is 0.633. The summed E-state index contributed by atoms with van der Waals surface area (Å²) in [6.07, 6.45) is 3.13. The molecule has 0 aliphatic heterocycles. The molecule has 0 bridgehead atoms. The van der Waals surface area contributed by atoms with Gasteiger partial charge in [-0.05, 0) is 42.5 Å². The zero-order chi connectivity index (χ0) is 10.8. The molecule has 3 nitrogen and oxygen atoms in total. The summed E-state index contributed by atoms with van der Waals surface area (Å²) in [5.41, 5.74) is 8.96. The normalized spacial score (nSPS) is 19.1. The van der Waals surface area contributed by atoms with Gasteiger partial charge in [-0.2, -0.15) is 5.26 Å². The lowest BCUT2D eigenvalue weighted by Gasteiger charge is -2.23. The molecule has 2 rings (SSSR count). The summed E-state index contributed by atoms with van der Waals surface area (Å²) in [4.78, 5) is 0. The van der Waals surface area contributed by atoms with Gasteiger partial charge >= 0.3 is 0 Å². The predicted molar refractivity (Wildman–Crippen MR) is 57.6 cm³/mol. The molecular formula is C12H14N2O. The van der Waals surface area contributed by atoms with Gasteiger partial charge < -0.3 is 10.5 Å². The monoisotopic (exact) mass is 202 g/mol. The van der Waals surface area contributed by atoms with Gasteiger partial charge in [0, 0.05) is 6.04 Å². The van der Waals surface area contributed by atoms with Gasteiger partial charge in [-0.25, -0.2) is 0 Å². The molecule has 1 aromatic carbocycles. The molecular weight excluding hydrogens is 188 g/mol. The summed E-state index contributed by atoms with van der Waals surface area (Å²) in [6, 6.07) is 6.06. The lowest BCUT2D eigenvalue weighted by atomic mass is 9.87. The fourth-order valence-corrected chi connectivity index (χ4v) is 2.13. The van der Waals surface area contributed by atoms with Gasteiger partial charge in [0.2, 0.25) is 0 Å². The molecule has 15 heavy (non-hydrogen) atoms. The molecule has 0 radical (unpaired) electrons. The van der Waals surface area contributed by atoms with Crippen LogP contribution in [0.15, 0.2) is 12.1 Å². The van der Waals surface area contributed by atoms with Crippen LogP contribution in [0.3, 0.4) is 0 Å². The van der Waals surface area contributed by atoms with Crippen molar-refractivity contribution in [3.8, 4) is 11.8 Å². The average Bonchev–Trinajstić information content (AvgIpc) is 2.28. The SMILES string of the molecule is COc1cc2c(cc1C#N)CCC[C@@H]2N. The summed E-state index contributed by atoms with van der Waals surface area (Å²) < 4.78 is 5.17. The van der Waals surface area contributed by atoms with Crippen LogP contribution >= 0.6 is 0 Å². The maximum absolute atomic E-state index is 8.96. The molecule has 0 heterocycles. The topological polar surface area (TPSA) is 59.0 Å². The van der Waals surface area contributed by atoms with Crippen LogP contribution in [0.1, 0.15) is 35.6 Å². The van der Waals surface area contributed by atoms with Gasteiger partial charge in [-0.3, -0.25) is 0 Å². The van der Waals surface area contributed by atoms with E-state index in [0.29, 0.717) is 11.3 Å². The van der Waals surface area contributed by atoms with E-state index >= 15 is 0 Å². The minimum absolute atomic E-state index is 0.0930. The molecule has 1 atom stereocenters. The third kappa shape index (κ3) is 1.69. The van der Waals surface area contributed by atoms with Crippen LogP contribution in [-0.4, -0.2) is 7.11 Å². The molecule has 0 unspecified atom stereocenters. The summed E-state index contributed by atoms with van der Waals surface area (Å²) in [6.45, 7) is 0. The third-order valence-corrected chi connectivity index (χ3v) is 2.94. The molecule has 0 aromatic heterocycles. The van der Waals surface area contributed by atoms with Crippen molar-refractivity contribution < 1.29 is 4.74 Å². The van der Waals surface area contributed by atoms with Crippen molar-refractivity contribution in [1.29, 1.82) is 5.26 Å². The highest BCUT2D eigenvalue weighted by Gasteiger charge is 2.19. The number of hydrogen-bond donors (Lipinski definition) is 1. The first kappa shape index (κ1) is 10.0. The van der Waals surface area contributed by atoms with Crippen LogP contribution < -0.4 is 10.5 Å². The molecule has 1 aromatic rings. The zero-order valence-electron chi connectivity index (χ0n) is 8.79. The Morgan fingerprint density at radius 1 is 1.53 bits per heavy atom. The smallest absolute Gasteiger partial charge is 0.136 e. The molecule has 1 aliphatic carbocycles. The van der Waals surface area contributed by atoms with Gasteiger partial charge in [0.1, 0.15) is 11.8 Å². The van der Waals surface area contributed by atoms with Crippen LogP contribution in [0, 0.1) is 11.3 Å². The molecule has 3 heteroatoms. The first-order valence-corrected chi connectivity index (χ1v) is 5.12. The second-order valence-corrected chi connectivity index (χ2v) is 3.86. The minimum Gasteiger partial charge on any atom is -0.495 e. The quantitative estimate of drug-likeness (QED) is 0.756. The molecule has 0 saturated carbocycles. The molecule has 0 spiro atoms. The van der Waals surface area contributed by atoms with Crippen molar-refractivity contribution in [3.05, 3.63) is 28.8 Å². The molecule has 78 valence electrons. The van der Waals surface area contributed by atoms with Crippen molar-refractivity contribution in [1.82, 2.24) is 0 Å². The van der Waals surface area contributed by atoms with Crippen LogP contribution in [0.5, 0.6) is 5.75 Å². The Balaban J connectivity index is 2.54. The van der Waals surface area contributed by atoms with Crippen molar-refractivity contribution >= 4 is 0 Å². The van der Waals surface area contributed by atoms with E-state index in [9.17, 15) is 0 Å². The highest BCUT2D eigenvalue weighted by atomic mass is 16.5. The van der Waals surface area contributed by atoms with E-state index in [1.54, 1.807) is 7.11 Å². The largest absolute Gasteiger partial charge is 0.495 e. The summed E-state index contributed by atoms with van der Waals surface area (Å²) in [7, 11) is 1.58. The van der Waals surface area contributed by atoms with Gasteiger partial charge in [0.15, 0.2) is 0 Å². The molecule has 1 aliphatic rings. The molecule has 0 amide bonds. The average molecular weight is 202 g/mol. The van der Waals surface area contributed by atoms with E-state index in [-0.39, 0.29) is 6.04 Å². The number of fused-ring (bicyclic) bond motifs is 1. The molecule has 0 fully saturated rings. The number of nitrogens with zero attached hydrogens (tertiary/aromatic N) is 1. The number of nitriles is 1. The van der Waals surface area contributed by atoms with Crippen molar-refractivity contribution in [2.75, 3.05) is 7.11 Å². The van der Waals surface area contributed by atoms with E-state index in [0.717, 1.165) is 24.8 Å². The van der Waals surface area contributed by atoms with E-state index in [4.69, 9.17) is 15.7 Å². The maximum atomic E-state index is 8.96. The predicted octanol–water partition coefficient (Wildman–Crippen LogP) is 1.90. The van der Waals surface area contributed by atoms with Crippen molar-refractivity contribution in [2.24, 2.45) is 5.73 Å². The number of ether oxygens (including phenoxy) is 1. The van der Waals surface area contributed by atoms with Gasteiger partial charge in [-0.15, -0.1) is 0 Å². The highest BCUT2D eigenvalue weighted by Crippen LogP contribution is 2.32. The Labute approximate surface area is 89.5 Å². The number of methoxy groups -OCH3 is 1. The van der Waals surface area contributed by atoms with Gasteiger partial charge in [0.25, 0.3) is 0 Å². The van der Waals surface area contributed by atoms with Crippen molar-refractivity contribution in [3.63, 3.8) is 0 Å². The number of benzene rings is 1. The Hall–Kier alpha value is -1.53. The van der Waals surface area contributed by atoms with Crippen LogP contribution in [0.25, 0.3) is 0 Å². The Bertz CT molecular complexity index is 420. The summed E-state index contributed by atoms with van der Waals surface area (Å²) in [5, 5.41) is 8.96. The number of hydrogen-bond acceptors (Lipinski definition) is 3. The highest BCUT2D eigenvalue weighted by molar-refractivity contribution is 5.50. The van der Waals surface area contributed by atoms with Gasteiger partial charge in [0.05, 0.1) is 12.7 Å². The van der Waals surface area contributed by atoms with E-state index < -0.39 is 0 Å².